The van der Waals surface area contributed by atoms with Crippen molar-refractivity contribution in [2.45, 2.75) is 63.7 Å². The van der Waals surface area contributed by atoms with E-state index < -0.39 is 60.2 Å². The number of carbonyl (C=O) groups is 5. The van der Waals surface area contributed by atoms with Gasteiger partial charge in [0.1, 0.15) is 18.1 Å². The SMILES string of the molecule is CCC(C)C(N)C(=O)NC(CC(N)=O)C(=O)NC(Cc1ccccc1)C(=O)NC(Cc1ccccc1)C(=O)O. The highest BCUT2D eigenvalue weighted by Crippen LogP contribution is 2.09. The minimum atomic E-state index is -1.38. The van der Waals surface area contributed by atoms with E-state index in [1.165, 1.54) is 0 Å². The molecule has 0 saturated heterocycles. The average molecular weight is 540 g/mol. The fourth-order valence-electron chi connectivity index (χ4n) is 3.84. The Hall–Kier alpha value is -4.25. The quantitative estimate of drug-likeness (QED) is 0.187. The number of nitrogens with two attached hydrogens (primary N) is 2. The summed E-state index contributed by atoms with van der Waals surface area (Å²) < 4.78 is 0. The van der Waals surface area contributed by atoms with Gasteiger partial charge in [0.25, 0.3) is 0 Å². The van der Waals surface area contributed by atoms with E-state index in [0.717, 1.165) is 0 Å². The molecule has 0 aliphatic carbocycles. The van der Waals surface area contributed by atoms with Crippen LogP contribution < -0.4 is 27.4 Å². The number of primary amides is 1. The Morgan fingerprint density at radius 2 is 1.18 bits per heavy atom. The minimum Gasteiger partial charge on any atom is -0.480 e. The third-order valence-electron chi connectivity index (χ3n) is 6.41. The van der Waals surface area contributed by atoms with Crippen molar-refractivity contribution < 1.29 is 29.1 Å². The Morgan fingerprint density at radius 3 is 1.64 bits per heavy atom. The molecule has 0 fully saturated rings. The molecule has 0 radical (unpaired) electrons. The largest absolute Gasteiger partial charge is 0.480 e. The molecule has 0 heterocycles. The summed E-state index contributed by atoms with van der Waals surface area (Å²) in [6.45, 7) is 3.64. The van der Waals surface area contributed by atoms with Crippen molar-refractivity contribution in [2.75, 3.05) is 0 Å². The van der Waals surface area contributed by atoms with Gasteiger partial charge in [-0.1, -0.05) is 80.9 Å². The van der Waals surface area contributed by atoms with Crippen LogP contribution in [0.5, 0.6) is 0 Å². The normalized spacial score (nSPS) is 14.6. The van der Waals surface area contributed by atoms with Crippen LogP contribution in [-0.4, -0.2) is 58.9 Å². The van der Waals surface area contributed by atoms with Crippen LogP contribution in [0.2, 0.25) is 0 Å². The fraction of sp³-hybridized carbons (Fsp3) is 0.393. The highest BCUT2D eigenvalue weighted by atomic mass is 16.4. The minimum absolute atomic E-state index is 0.0275. The maximum atomic E-state index is 13.3. The van der Waals surface area contributed by atoms with E-state index in [1.54, 1.807) is 67.6 Å². The van der Waals surface area contributed by atoms with Gasteiger partial charge in [-0.3, -0.25) is 19.2 Å². The molecular formula is C28H37N5O6. The highest BCUT2D eigenvalue weighted by Gasteiger charge is 2.32. The molecule has 210 valence electrons. The molecule has 0 saturated carbocycles. The molecule has 5 atom stereocenters. The zero-order chi connectivity index (χ0) is 28.9. The topological polar surface area (TPSA) is 194 Å². The number of carboxylic acids is 1. The van der Waals surface area contributed by atoms with E-state index in [2.05, 4.69) is 16.0 Å². The molecule has 0 spiro atoms. The number of amides is 4. The lowest BCUT2D eigenvalue weighted by Crippen LogP contribution is -2.58. The van der Waals surface area contributed by atoms with Gasteiger partial charge in [-0.2, -0.15) is 0 Å². The zero-order valence-corrected chi connectivity index (χ0v) is 22.1. The summed E-state index contributed by atoms with van der Waals surface area (Å²) in [5.41, 5.74) is 12.7. The zero-order valence-electron chi connectivity index (χ0n) is 22.1. The summed E-state index contributed by atoms with van der Waals surface area (Å²) in [5.74, 6) is -4.47. The Bertz CT molecular complexity index is 1130. The van der Waals surface area contributed by atoms with Gasteiger partial charge in [0, 0.05) is 12.8 Å². The first-order valence-corrected chi connectivity index (χ1v) is 12.8. The van der Waals surface area contributed by atoms with Gasteiger partial charge in [-0.15, -0.1) is 0 Å². The molecule has 0 aliphatic heterocycles. The highest BCUT2D eigenvalue weighted by molar-refractivity contribution is 5.96. The van der Waals surface area contributed by atoms with Crippen molar-refractivity contribution in [3.05, 3.63) is 71.8 Å². The van der Waals surface area contributed by atoms with Crippen LogP contribution in [0.15, 0.2) is 60.7 Å². The number of hydrogen-bond donors (Lipinski definition) is 6. The van der Waals surface area contributed by atoms with E-state index in [4.69, 9.17) is 11.5 Å². The van der Waals surface area contributed by atoms with Crippen LogP contribution in [0.25, 0.3) is 0 Å². The number of carboxylic acid groups (broad SMARTS) is 1. The number of aliphatic carboxylic acids is 1. The number of nitrogens with one attached hydrogen (secondary N) is 3. The number of rotatable bonds is 15. The predicted octanol–water partition coefficient (Wildman–Crippen LogP) is 0.260. The van der Waals surface area contributed by atoms with Crippen molar-refractivity contribution in [1.82, 2.24) is 16.0 Å². The van der Waals surface area contributed by atoms with Gasteiger partial charge in [0.05, 0.1) is 12.5 Å². The first kappa shape index (κ1) is 31.0. The summed E-state index contributed by atoms with van der Waals surface area (Å²) in [6, 6.07) is 12.8. The van der Waals surface area contributed by atoms with Crippen LogP contribution in [-0.2, 0) is 36.8 Å². The monoisotopic (exact) mass is 539 g/mol. The van der Waals surface area contributed by atoms with Gasteiger partial charge in [0.15, 0.2) is 0 Å². The van der Waals surface area contributed by atoms with Crippen molar-refractivity contribution >= 4 is 29.6 Å². The molecule has 0 aromatic heterocycles. The summed E-state index contributed by atoms with van der Waals surface area (Å²) >= 11 is 0. The van der Waals surface area contributed by atoms with Crippen molar-refractivity contribution in [3.63, 3.8) is 0 Å². The van der Waals surface area contributed by atoms with Gasteiger partial charge in [-0.05, 0) is 17.0 Å². The predicted molar refractivity (Wildman–Crippen MR) is 145 cm³/mol. The van der Waals surface area contributed by atoms with E-state index in [1.807, 2.05) is 6.92 Å². The van der Waals surface area contributed by atoms with Gasteiger partial charge in [0.2, 0.25) is 23.6 Å². The molecule has 11 nitrogen and oxygen atoms in total. The van der Waals surface area contributed by atoms with Crippen molar-refractivity contribution in [2.24, 2.45) is 17.4 Å². The van der Waals surface area contributed by atoms with E-state index in [9.17, 15) is 29.1 Å². The van der Waals surface area contributed by atoms with Crippen LogP contribution in [0, 0.1) is 5.92 Å². The molecule has 2 aromatic carbocycles. The van der Waals surface area contributed by atoms with Crippen molar-refractivity contribution in [3.8, 4) is 0 Å². The standard InChI is InChI=1S/C28H37N5O6/c1-3-17(2)24(30)27(37)32-21(16-23(29)34)26(36)31-20(14-18-10-6-4-7-11-18)25(35)33-22(28(38)39)15-19-12-8-5-9-13-19/h4-13,17,20-22,24H,3,14-16,30H2,1-2H3,(H2,29,34)(H,31,36)(H,32,37)(H,33,35)(H,38,39). The number of carbonyl (C=O) groups excluding carboxylic acids is 4. The summed E-state index contributed by atoms with van der Waals surface area (Å²) in [6.07, 6.45) is 0.159. The Morgan fingerprint density at radius 1 is 0.744 bits per heavy atom. The molecule has 0 aliphatic rings. The summed E-state index contributed by atoms with van der Waals surface area (Å²) in [4.78, 5) is 62.8. The second-order valence-corrected chi connectivity index (χ2v) is 9.48. The smallest absolute Gasteiger partial charge is 0.326 e. The lowest BCUT2D eigenvalue weighted by Gasteiger charge is -2.26. The van der Waals surface area contributed by atoms with E-state index in [0.29, 0.717) is 17.5 Å². The molecule has 0 bridgehead atoms. The average Bonchev–Trinajstić information content (AvgIpc) is 2.91. The molecule has 5 unspecified atom stereocenters. The van der Waals surface area contributed by atoms with Gasteiger partial charge < -0.3 is 32.5 Å². The summed E-state index contributed by atoms with van der Waals surface area (Å²) in [5, 5.41) is 17.2. The van der Waals surface area contributed by atoms with E-state index >= 15 is 0 Å². The maximum Gasteiger partial charge on any atom is 0.326 e. The Balaban J connectivity index is 2.26. The first-order chi connectivity index (χ1) is 18.5. The molecule has 39 heavy (non-hydrogen) atoms. The number of benzene rings is 2. The molecule has 2 rings (SSSR count). The van der Waals surface area contributed by atoms with E-state index in [-0.39, 0.29) is 18.8 Å². The molecule has 2 aromatic rings. The molecule has 4 amide bonds. The van der Waals surface area contributed by atoms with Gasteiger partial charge in [-0.25, -0.2) is 4.79 Å². The third-order valence-corrected chi connectivity index (χ3v) is 6.41. The van der Waals surface area contributed by atoms with Crippen LogP contribution in [0.1, 0.15) is 37.8 Å². The molecule has 11 heteroatoms. The molecular weight excluding hydrogens is 502 g/mol. The first-order valence-electron chi connectivity index (χ1n) is 12.8. The fourth-order valence-corrected chi connectivity index (χ4v) is 3.84. The van der Waals surface area contributed by atoms with Gasteiger partial charge >= 0.3 is 5.97 Å². The molecule has 8 N–H and O–H groups in total. The summed E-state index contributed by atoms with van der Waals surface area (Å²) in [7, 11) is 0. The number of hydrogen-bond acceptors (Lipinski definition) is 6. The maximum absolute atomic E-state index is 13.3. The third kappa shape index (κ3) is 10.2. The van der Waals surface area contributed by atoms with Crippen LogP contribution >= 0.6 is 0 Å². The van der Waals surface area contributed by atoms with Crippen molar-refractivity contribution in [1.29, 1.82) is 0 Å². The van der Waals surface area contributed by atoms with Crippen LogP contribution in [0.4, 0.5) is 0 Å². The Kier molecular flexibility index (Phi) is 12.1. The lowest BCUT2D eigenvalue weighted by atomic mass is 9.98. The van der Waals surface area contributed by atoms with Crippen LogP contribution in [0.3, 0.4) is 0 Å². The lowest BCUT2D eigenvalue weighted by molar-refractivity contribution is -0.142. The Labute approximate surface area is 227 Å². The second kappa shape index (κ2) is 15.2. The second-order valence-electron chi connectivity index (χ2n) is 9.48.